The molecule has 3 aromatic rings. The van der Waals surface area contributed by atoms with Crippen molar-refractivity contribution in [3.05, 3.63) is 70.8 Å². The summed E-state index contributed by atoms with van der Waals surface area (Å²) < 4.78 is 6.09. The third-order valence-electron chi connectivity index (χ3n) is 5.59. The van der Waals surface area contributed by atoms with Gasteiger partial charge in [-0.2, -0.15) is 0 Å². The van der Waals surface area contributed by atoms with E-state index in [4.69, 9.17) is 4.74 Å². The van der Waals surface area contributed by atoms with Crippen molar-refractivity contribution in [3.8, 4) is 11.1 Å². The lowest BCUT2D eigenvalue weighted by Crippen LogP contribution is -2.10. The second-order valence-electron chi connectivity index (χ2n) is 8.84. The van der Waals surface area contributed by atoms with Crippen molar-refractivity contribution < 1.29 is 4.74 Å². The SMILES string of the molecule is CC(C)c1ccc2c(c1)COCc1c-2ccc2cc(C(C)(C)C)ccc12. The number of benzene rings is 3. The molecule has 0 spiro atoms. The summed E-state index contributed by atoms with van der Waals surface area (Å²) in [6.45, 7) is 12.6. The van der Waals surface area contributed by atoms with Crippen LogP contribution >= 0.6 is 0 Å². The Labute approximate surface area is 157 Å². The van der Waals surface area contributed by atoms with Crippen LogP contribution < -0.4 is 0 Å². The minimum absolute atomic E-state index is 0.164. The highest BCUT2D eigenvalue weighted by Crippen LogP contribution is 2.38. The fraction of sp³-hybridized carbons (Fsp3) is 0.360. The zero-order valence-electron chi connectivity index (χ0n) is 16.5. The number of ether oxygens (including phenoxy) is 1. The second-order valence-corrected chi connectivity index (χ2v) is 8.84. The Morgan fingerprint density at radius 1 is 0.846 bits per heavy atom. The van der Waals surface area contributed by atoms with E-state index in [1.807, 2.05) is 0 Å². The molecule has 26 heavy (non-hydrogen) atoms. The molecule has 0 saturated carbocycles. The van der Waals surface area contributed by atoms with Crippen LogP contribution in [-0.4, -0.2) is 0 Å². The summed E-state index contributed by atoms with van der Waals surface area (Å²) in [6, 6.07) is 18.3. The van der Waals surface area contributed by atoms with Crippen LogP contribution in [-0.2, 0) is 23.4 Å². The van der Waals surface area contributed by atoms with E-state index in [1.54, 1.807) is 0 Å². The van der Waals surface area contributed by atoms with E-state index in [9.17, 15) is 0 Å². The van der Waals surface area contributed by atoms with Gasteiger partial charge in [0.15, 0.2) is 0 Å². The van der Waals surface area contributed by atoms with Crippen LogP contribution in [0.25, 0.3) is 21.9 Å². The van der Waals surface area contributed by atoms with Gasteiger partial charge in [-0.1, -0.05) is 83.1 Å². The molecule has 0 unspecified atom stereocenters. The van der Waals surface area contributed by atoms with Gasteiger partial charge in [0, 0.05) is 0 Å². The summed E-state index contributed by atoms with van der Waals surface area (Å²) in [7, 11) is 0. The van der Waals surface area contributed by atoms with Crippen LogP contribution in [0, 0.1) is 0 Å². The van der Waals surface area contributed by atoms with Crippen LogP contribution in [0.3, 0.4) is 0 Å². The first kappa shape index (κ1) is 17.3. The second kappa shape index (κ2) is 6.25. The molecule has 0 atom stereocenters. The molecule has 1 aliphatic rings. The lowest BCUT2D eigenvalue weighted by Gasteiger charge is -2.20. The number of rotatable bonds is 1. The molecule has 0 radical (unpaired) electrons. The number of hydrogen-bond acceptors (Lipinski definition) is 1. The van der Waals surface area contributed by atoms with Gasteiger partial charge in [-0.05, 0) is 55.5 Å². The van der Waals surface area contributed by atoms with Crippen molar-refractivity contribution in [2.45, 2.75) is 59.2 Å². The summed E-state index contributed by atoms with van der Waals surface area (Å²) in [6.07, 6.45) is 0. The van der Waals surface area contributed by atoms with Gasteiger partial charge in [0.2, 0.25) is 0 Å². The molecule has 1 aliphatic heterocycles. The molecule has 0 saturated heterocycles. The van der Waals surface area contributed by atoms with Gasteiger partial charge in [-0.25, -0.2) is 0 Å². The fourth-order valence-electron chi connectivity index (χ4n) is 3.89. The topological polar surface area (TPSA) is 9.23 Å². The zero-order valence-corrected chi connectivity index (χ0v) is 16.5. The van der Waals surface area contributed by atoms with Crippen LogP contribution in [0.15, 0.2) is 48.5 Å². The molecule has 0 N–H and O–H groups in total. The standard InChI is InChI=1S/C25H28O/c1-16(2)17-6-9-22-19(12-17)14-26-15-24-21-11-8-20(25(3,4)5)13-18(21)7-10-23(22)24/h6-13,16H,14-15H2,1-5H3. The highest BCUT2D eigenvalue weighted by Gasteiger charge is 2.19. The lowest BCUT2D eigenvalue weighted by molar-refractivity contribution is 0.110. The first-order valence-corrected chi connectivity index (χ1v) is 9.61. The van der Waals surface area contributed by atoms with Gasteiger partial charge in [0.25, 0.3) is 0 Å². The Hall–Kier alpha value is -2.12. The van der Waals surface area contributed by atoms with Crippen molar-refractivity contribution in [2.24, 2.45) is 0 Å². The van der Waals surface area contributed by atoms with Gasteiger partial charge in [-0.3, -0.25) is 0 Å². The molecule has 0 aromatic heterocycles. The van der Waals surface area contributed by atoms with E-state index in [0.29, 0.717) is 19.1 Å². The van der Waals surface area contributed by atoms with E-state index in [-0.39, 0.29) is 5.41 Å². The highest BCUT2D eigenvalue weighted by atomic mass is 16.5. The summed E-state index contributed by atoms with van der Waals surface area (Å²) in [5.41, 5.74) is 8.19. The summed E-state index contributed by atoms with van der Waals surface area (Å²) >= 11 is 0. The molecule has 1 heteroatoms. The molecular weight excluding hydrogens is 316 g/mol. The van der Waals surface area contributed by atoms with E-state index in [0.717, 1.165) is 0 Å². The van der Waals surface area contributed by atoms with Crippen LogP contribution in [0.1, 0.15) is 62.8 Å². The van der Waals surface area contributed by atoms with Gasteiger partial charge < -0.3 is 4.74 Å². The molecule has 4 rings (SSSR count). The first-order chi connectivity index (χ1) is 12.3. The van der Waals surface area contributed by atoms with Crippen LogP contribution in [0.5, 0.6) is 0 Å². The Bertz CT molecular complexity index is 973. The normalized spacial score (nSPS) is 14.2. The smallest absolute Gasteiger partial charge is 0.0733 e. The highest BCUT2D eigenvalue weighted by molar-refractivity contribution is 5.93. The monoisotopic (exact) mass is 344 g/mol. The summed E-state index contributed by atoms with van der Waals surface area (Å²) in [5, 5.41) is 2.62. The Morgan fingerprint density at radius 3 is 2.35 bits per heavy atom. The van der Waals surface area contributed by atoms with Crippen LogP contribution in [0.2, 0.25) is 0 Å². The Morgan fingerprint density at radius 2 is 1.62 bits per heavy atom. The molecule has 0 amide bonds. The molecule has 1 nitrogen and oxygen atoms in total. The van der Waals surface area contributed by atoms with Crippen molar-refractivity contribution in [1.29, 1.82) is 0 Å². The Balaban J connectivity index is 1.90. The lowest BCUT2D eigenvalue weighted by atomic mass is 9.84. The predicted octanol–water partition coefficient (Wildman–Crippen LogP) is 6.96. The predicted molar refractivity (Wildman–Crippen MR) is 111 cm³/mol. The molecule has 0 bridgehead atoms. The minimum Gasteiger partial charge on any atom is -0.372 e. The number of hydrogen-bond donors (Lipinski definition) is 0. The van der Waals surface area contributed by atoms with Crippen molar-refractivity contribution in [3.63, 3.8) is 0 Å². The van der Waals surface area contributed by atoms with E-state index < -0.39 is 0 Å². The molecule has 3 aromatic carbocycles. The average Bonchev–Trinajstić information content (AvgIpc) is 2.79. The molecule has 134 valence electrons. The van der Waals surface area contributed by atoms with Gasteiger partial charge in [0.1, 0.15) is 0 Å². The maximum absolute atomic E-state index is 6.09. The molecule has 0 aliphatic carbocycles. The molecular formula is C25H28O. The third-order valence-corrected chi connectivity index (χ3v) is 5.59. The van der Waals surface area contributed by atoms with E-state index in [2.05, 4.69) is 83.1 Å². The maximum atomic E-state index is 6.09. The Kier molecular flexibility index (Phi) is 4.16. The number of fused-ring (bicyclic) bond motifs is 5. The molecule has 1 heterocycles. The van der Waals surface area contributed by atoms with Gasteiger partial charge >= 0.3 is 0 Å². The van der Waals surface area contributed by atoms with Gasteiger partial charge in [0.05, 0.1) is 13.2 Å². The van der Waals surface area contributed by atoms with Crippen molar-refractivity contribution in [2.75, 3.05) is 0 Å². The largest absolute Gasteiger partial charge is 0.372 e. The third kappa shape index (κ3) is 2.95. The average molecular weight is 344 g/mol. The summed E-state index contributed by atoms with van der Waals surface area (Å²) in [5.74, 6) is 0.537. The zero-order chi connectivity index (χ0) is 18.5. The van der Waals surface area contributed by atoms with E-state index >= 15 is 0 Å². The molecule has 0 fully saturated rings. The summed E-state index contributed by atoms with van der Waals surface area (Å²) in [4.78, 5) is 0. The van der Waals surface area contributed by atoms with Crippen LogP contribution in [0.4, 0.5) is 0 Å². The van der Waals surface area contributed by atoms with Crippen molar-refractivity contribution in [1.82, 2.24) is 0 Å². The minimum atomic E-state index is 0.164. The first-order valence-electron chi connectivity index (χ1n) is 9.61. The van der Waals surface area contributed by atoms with Crippen molar-refractivity contribution >= 4 is 10.8 Å². The van der Waals surface area contributed by atoms with E-state index in [1.165, 1.54) is 44.2 Å². The van der Waals surface area contributed by atoms with Gasteiger partial charge in [-0.15, -0.1) is 0 Å². The quantitative estimate of drug-likeness (QED) is 0.464. The fourth-order valence-corrected chi connectivity index (χ4v) is 3.89. The maximum Gasteiger partial charge on any atom is 0.0733 e.